The number of nitro groups is 1. The van der Waals surface area contributed by atoms with Crippen LogP contribution in [0.25, 0.3) is 0 Å². The first kappa shape index (κ1) is 16.6. The Balaban J connectivity index is 3.09. The lowest BCUT2D eigenvalue weighted by molar-refractivity contribution is -0.385. The van der Waals surface area contributed by atoms with E-state index in [0.717, 1.165) is 18.2 Å². The van der Waals surface area contributed by atoms with Gasteiger partial charge in [0.1, 0.15) is 12.4 Å². The highest BCUT2D eigenvalue weighted by atomic mass is 19.4. The molecule has 0 aromatic heterocycles. The molecule has 0 heterocycles. The molecule has 9 heteroatoms. The molecule has 0 aliphatic heterocycles. The normalized spacial score (nSPS) is 11.0. The monoisotopic (exact) mass is 306 g/mol. The molecule has 1 aromatic rings. The van der Waals surface area contributed by atoms with Gasteiger partial charge in [-0.15, -0.1) is 6.58 Å². The van der Waals surface area contributed by atoms with Crippen molar-refractivity contribution in [1.82, 2.24) is 4.90 Å². The number of halogens is 4. The van der Waals surface area contributed by atoms with Crippen LogP contribution in [0.2, 0.25) is 0 Å². The molecule has 0 bridgehead atoms. The second-order valence-electron chi connectivity index (χ2n) is 4.01. The average Bonchev–Trinajstić information content (AvgIpc) is 2.35. The van der Waals surface area contributed by atoms with Gasteiger partial charge in [-0.2, -0.15) is 13.2 Å². The van der Waals surface area contributed by atoms with Gasteiger partial charge in [-0.25, -0.2) is 4.39 Å². The van der Waals surface area contributed by atoms with Crippen molar-refractivity contribution in [3.05, 3.63) is 52.3 Å². The minimum Gasteiger partial charge on any atom is -0.326 e. The zero-order chi connectivity index (χ0) is 16.2. The highest BCUT2D eigenvalue weighted by Crippen LogP contribution is 2.21. The van der Waals surface area contributed by atoms with Crippen molar-refractivity contribution in [3.8, 4) is 0 Å². The van der Waals surface area contributed by atoms with Gasteiger partial charge in [0, 0.05) is 12.6 Å². The number of nitro benzene ring substituents is 1. The molecule has 1 aromatic carbocycles. The number of rotatable bonds is 5. The molecule has 114 valence electrons. The van der Waals surface area contributed by atoms with E-state index in [0.29, 0.717) is 11.0 Å². The minimum absolute atomic E-state index is 0.344. The number of carbonyl (C=O) groups is 1. The van der Waals surface area contributed by atoms with Crippen molar-refractivity contribution in [2.75, 3.05) is 13.1 Å². The van der Waals surface area contributed by atoms with Gasteiger partial charge in [-0.1, -0.05) is 6.08 Å². The smallest absolute Gasteiger partial charge is 0.326 e. The molecule has 0 saturated carbocycles. The third-order valence-electron chi connectivity index (χ3n) is 2.40. The van der Waals surface area contributed by atoms with E-state index in [1.165, 1.54) is 0 Å². The zero-order valence-electron chi connectivity index (χ0n) is 10.6. The lowest BCUT2D eigenvalue weighted by Crippen LogP contribution is -2.39. The van der Waals surface area contributed by atoms with E-state index in [4.69, 9.17) is 0 Å². The quantitative estimate of drug-likeness (QED) is 0.364. The summed E-state index contributed by atoms with van der Waals surface area (Å²) < 4.78 is 50.7. The third-order valence-corrected chi connectivity index (χ3v) is 2.40. The highest BCUT2D eigenvalue weighted by molar-refractivity contribution is 5.94. The molecule has 0 N–H and O–H groups in total. The summed E-state index contributed by atoms with van der Waals surface area (Å²) in [5, 5.41) is 10.4. The Labute approximate surface area is 116 Å². The van der Waals surface area contributed by atoms with E-state index >= 15 is 0 Å². The van der Waals surface area contributed by atoms with Crippen LogP contribution in [0.15, 0.2) is 30.9 Å². The average molecular weight is 306 g/mol. The van der Waals surface area contributed by atoms with Crippen LogP contribution in [0.5, 0.6) is 0 Å². The molecule has 1 amide bonds. The van der Waals surface area contributed by atoms with Gasteiger partial charge in [0.2, 0.25) is 0 Å². The number of amides is 1. The van der Waals surface area contributed by atoms with Crippen LogP contribution in [-0.2, 0) is 0 Å². The molecular formula is C12H10F4N2O3. The summed E-state index contributed by atoms with van der Waals surface area (Å²) in [6.45, 7) is 1.21. The SMILES string of the molecule is C=CCN(CC(F)(F)F)C(=O)c1ccc([N+](=O)[O-])cc1F. The number of non-ortho nitro benzene ring substituents is 1. The maximum absolute atomic E-state index is 13.6. The number of carbonyl (C=O) groups excluding carboxylic acids is 1. The van der Waals surface area contributed by atoms with Crippen LogP contribution in [0.1, 0.15) is 10.4 Å². The van der Waals surface area contributed by atoms with Crippen molar-refractivity contribution in [3.63, 3.8) is 0 Å². The van der Waals surface area contributed by atoms with Crippen molar-refractivity contribution in [1.29, 1.82) is 0 Å². The molecule has 0 unspecified atom stereocenters. The summed E-state index contributed by atoms with van der Waals surface area (Å²) in [4.78, 5) is 21.8. The van der Waals surface area contributed by atoms with Crippen LogP contribution in [0, 0.1) is 15.9 Å². The Hall–Kier alpha value is -2.45. The fraction of sp³-hybridized carbons (Fsp3) is 0.250. The molecule has 0 fully saturated rings. The summed E-state index contributed by atoms with van der Waals surface area (Å²) in [6, 6.07) is 2.10. The van der Waals surface area contributed by atoms with Crippen LogP contribution >= 0.6 is 0 Å². The van der Waals surface area contributed by atoms with Gasteiger partial charge in [0.05, 0.1) is 16.6 Å². The maximum Gasteiger partial charge on any atom is 0.406 e. The molecule has 0 aliphatic rings. The summed E-state index contributed by atoms with van der Waals surface area (Å²) in [5.41, 5.74) is -1.28. The van der Waals surface area contributed by atoms with E-state index in [-0.39, 0.29) is 0 Å². The van der Waals surface area contributed by atoms with Crippen LogP contribution in [0.3, 0.4) is 0 Å². The standard InChI is InChI=1S/C12H10F4N2O3/c1-2-5-17(7-12(14,15)16)11(19)9-4-3-8(18(20)21)6-10(9)13/h2-4,6H,1,5,7H2. The second-order valence-corrected chi connectivity index (χ2v) is 4.01. The lowest BCUT2D eigenvalue weighted by atomic mass is 10.1. The van der Waals surface area contributed by atoms with Gasteiger partial charge >= 0.3 is 6.18 Å². The van der Waals surface area contributed by atoms with Crippen LogP contribution < -0.4 is 0 Å². The first-order valence-corrected chi connectivity index (χ1v) is 5.56. The summed E-state index contributed by atoms with van der Waals surface area (Å²) in [5.74, 6) is -2.48. The maximum atomic E-state index is 13.6. The van der Waals surface area contributed by atoms with Gasteiger partial charge in [0.15, 0.2) is 0 Å². The predicted molar refractivity (Wildman–Crippen MR) is 65.2 cm³/mol. The van der Waals surface area contributed by atoms with E-state index in [2.05, 4.69) is 6.58 Å². The summed E-state index contributed by atoms with van der Waals surface area (Å²) in [7, 11) is 0. The fourth-order valence-electron chi connectivity index (χ4n) is 1.55. The number of hydrogen-bond donors (Lipinski definition) is 0. The predicted octanol–water partition coefficient (Wildman–Crippen LogP) is 2.92. The van der Waals surface area contributed by atoms with E-state index in [1.54, 1.807) is 0 Å². The number of benzene rings is 1. The summed E-state index contributed by atoms with van der Waals surface area (Å²) >= 11 is 0. The molecule has 0 radical (unpaired) electrons. The Morgan fingerprint density at radius 2 is 2.05 bits per heavy atom. The first-order valence-electron chi connectivity index (χ1n) is 5.56. The number of nitrogens with zero attached hydrogens (tertiary/aromatic N) is 2. The Bertz CT molecular complexity index is 572. The number of alkyl halides is 3. The molecule has 21 heavy (non-hydrogen) atoms. The van der Waals surface area contributed by atoms with Crippen LogP contribution in [-0.4, -0.2) is 35.0 Å². The van der Waals surface area contributed by atoms with Crippen molar-refractivity contribution >= 4 is 11.6 Å². The third kappa shape index (κ3) is 4.55. The van der Waals surface area contributed by atoms with Gasteiger partial charge in [-0.3, -0.25) is 14.9 Å². The molecule has 0 aliphatic carbocycles. The van der Waals surface area contributed by atoms with E-state index < -0.39 is 47.2 Å². The molecular weight excluding hydrogens is 296 g/mol. The summed E-state index contributed by atoms with van der Waals surface area (Å²) in [6.07, 6.45) is -3.59. The van der Waals surface area contributed by atoms with E-state index in [9.17, 15) is 32.5 Å². The number of hydrogen-bond acceptors (Lipinski definition) is 3. The molecule has 0 atom stereocenters. The lowest BCUT2D eigenvalue weighted by Gasteiger charge is -2.22. The largest absolute Gasteiger partial charge is 0.406 e. The molecule has 1 rings (SSSR count). The van der Waals surface area contributed by atoms with Crippen LogP contribution in [0.4, 0.5) is 23.2 Å². The zero-order valence-corrected chi connectivity index (χ0v) is 10.6. The minimum atomic E-state index is -4.66. The highest BCUT2D eigenvalue weighted by Gasteiger charge is 2.33. The van der Waals surface area contributed by atoms with Crippen molar-refractivity contribution in [2.45, 2.75) is 6.18 Å². The Morgan fingerprint density at radius 3 is 2.48 bits per heavy atom. The van der Waals surface area contributed by atoms with Gasteiger partial charge in [-0.05, 0) is 6.07 Å². The Kier molecular flexibility index (Phi) is 5.01. The van der Waals surface area contributed by atoms with Gasteiger partial charge in [0.25, 0.3) is 11.6 Å². The molecule has 0 spiro atoms. The first-order chi connectivity index (χ1) is 9.65. The topological polar surface area (TPSA) is 63.5 Å². The van der Waals surface area contributed by atoms with Crippen molar-refractivity contribution in [2.24, 2.45) is 0 Å². The fourth-order valence-corrected chi connectivity index (χ4v) is 1.55. The van der Waals surface area contributed by atoms with Crippen molar-refractivity contribution < 1.29 is 27.3 Å². The molecule has 0 saturated heterocycles. The van der Waals surface area contributed by atoms with E-state index in [1.807, 2.05) is 0 Å². The molecule has 5 nitrogen and oxygen atoms in total. The van der Waals surface area contributed by atoms with Gasteiger partial charge < -0.3 is 4.90 Å². The second kappa shape index (κ2) is 6.33. The Morgan fingerprint density at radius 1 is 1.43 bits per heavy atom.